The third-order valence-electron chi connectivity index (χ3n) is 6.62. The first kappa shape index (κ1) is 23.8. The second kappa shape index (κ2) is 9.38. The van der Waals surface area contributed by atoms with Crippen LogP contribution < -0.4 is 20.6 Å². The van der Waals surface area contributed by atoms with Crippen molar-refractivity contribution in [1.29, 1.82) is 0 Å². The van der Waals surface area contributed by atoms with Crippen molar-refractivity contribution in [3.63, 3.8) is 0 Å². The number of benzene rings is 1. The summed E-state index contributed by atoms with van der Waals surface area (Å²) in [6, 6.07) is 6.82. The maximum atomic E-state index is 13.0. The highest BCUT2D eigenvalue weighted by Crippen LogP contribution is 2.37. The quantitative estimate of drug-likeness (QED) is 0.343. The van der Waals surface area contributed by atoms with E-state index >= 15 is 0 Å². The fourth-order valence-electron chi connectivity index (χ4n) is 4.68. The van der Waals surface area contributed by atoms with Gasteiger partial charge in [0.05, 0.1) is 18.2 Å². The first-order chi connectivity index (χ1) is 17.9. The Balaban J connectivity index is 1.28. The molecule has 37 heavy (non-hydrogen) atoms. The van der Waals surface area contributed by atoms with E-state index in [-0.39, 0.29) is 17.7 Å². The van der Waals surface area contributed by atoms with Crippen LogP contribution in [0.25, 0.3) is 26.6 Å². The van der Waals surface area contributed by atoms with E-state index in [1.165, 1.54) is 26.8 Å². The highest BCUT2D eigenvalue weighted by molar-refractivity contribution is 7.18. The molecule has 1 unspecified atom stereocenters. The van der Waals surface area contributed by atoms with Crippen LogP contribution in [0.1, 0.15) is 41.4 Å². The second-order valence-corrected chi connectivity index (χ2v) is 11.4. The molecule has 11 heteroatoms. The van der Waals surface area contributed by atoms with Gasteiger partial charge in [-0.25, -0.2) is 9.97 Å². The standard InChI is InChI=1S/C26H25N5O4S2/c1-4-20-30-31-21(32)11-15(27-26(31)37-20)12-35-17-8-6-14(10-18(17)34-3)23-28-24(33)22-16-7-5-13(2)9-19(16)36-25(22)29-23/h6,8,10-11,13H,4-5,7,9,12H2,1-3H3,(H,28,29,33). The maximum Gasteiger partial charge on any atom is 0.275 e. The molecule has 0 radical (unpaired) electrons. The molecule has 1 aliphatic rings. The molecule has 1 N–H and O–H groups in total. The molecule has 9 nitrogen and oxygen atoms in total. The molecule has 0 saturated heterocycles. The number of fused-ring (bicyclic) bond motifs is 4. The van der Waals surface area contributed by atoms with Gasteiger partial charge in [0.2, 0.25) is 4.96 Å². The Bertz CT molecular complexity index is 1770. The molecule has 0 spiro atoms. The number of hydrogen-bond acceptors (Lipinski definition) is 9. The fraction of sp³-hybridized carbons (Fsp3) is 0.346. The van der Waals surface area contributed by atoms with Crippen LogP contribution in [0.15, 0.2) is 33.9 Å². The number of thiophene rings is 1. The van der Waals surface area contributed by atoms with Gasteiger partial charge in [0.15, 0.2) is 11.5 Å². The molecule has 0 fully saturated rings. The van der Waals surface area contributed by atoms with Crippen LogP contribution in [0.2, 0.25) is 0 Å². The average Bonchev–Trinajstić information content (AvgIpc) is 3.48. The van der Waals surface area contributed by atoms with Crippen molar-refractivity contribution in [3.05, 3.63) is 66.1 Å². The summed E-state index contributed by atoms with van der Waals surface area (Å²) >= 11 is 3.02. The number of aryl methyl sites for hydroxylation is 2. The minimum atomic E-state index is -0.239. The zero-order valence-corrected chi connectivity index (χ0v) is 22.3. The molecular formula is C26H25N5O4S2. The monoisotopic (exact) mass is 535 g/mol. The van der Waals surface area contributed by atoms with Crippen LogP contribution in [0.3, 0.4) is 0 Å². The highest BCUT2D eigenvalue weighted by atomic mass is 32.1. The lowest BCUT2D eigenvalue weighted by Crippen LogP contribution is -2.16. The Morgan fingerprint density at radius 3 is 2.84 bits per heavy atom. The summed E-state index contributed by atoms with van der Waals surface area (Å²) in [7, 11) is 1.56. The van der Waals surface area contributed by atoms with E-state index in [0.29, 0.717) is 33.9 Å². The zero-order chi connectivity index (χ0) is 25.7. The molecule has 190 valence electrons. The summed E-state index contributed by atoms with van der Waals surface area (Å²) in [6.45, 7) is 4.34. The van der Waals surface area contributed by atoms with Crippen LogP contribution >= 0.6 is 22.7 Å². The van der Waals surface area contributed by atoms with Gasteiger partial charge < -0.3 is 14.5 Å². The van der Waals surface area contributed by atoms with Crippen LogP contribution in [0, 0.1) is 5.92 Å². The first-order valence-corrected chi connectivity index (χ1v) is 13.8. The number of H-pyrrole nitrogens is 1. The van der Waals surface area contributed by atoms with Gasteiger partial charge in [0.1, 0.15) is 22.3 Å². The van der Waals surface area contributed by atoms with Crippen molar-refractivity contribution in [2.45, 2.75) is 46.1 Å². The largest absolute Gasteiger partial charge is 0.493 e. The number of rotatable bonds is 6. The van der Waals surface area contributed by atoms with E-state index in [4.69, 9.17) is 14.5 Å². The van der Waals surface area contributed by atoms with Crippen molar-refractivity contribution in [2.24, 2.45) is 5.92 Å². The van der Waals surface area contributed by atoms with E-state index in [9.17, 15) is 9.59 Å². The number of nitrogens with one attached hydrogen (secondary N) is 1. The van der Waals surface area contributed by atoms with Gasteiger partial charge in [0, 0.05) is 16.5 Å². The van der Waals surface area contributed by atoms with Gasteiger partial charge in [-0.15, -0.1) is 11.3 Å². The Hall–Kier alpha value is -3.57. The van der Waals surface area contributed by atoms with Crippen LogP contribution in [-0.2, 0) is 25.9 Å². The molecule has 0 bridgehead atoms. The zero-order valence-electron chi connectivity index (χ0n) is 20.7. The van der Waals surface area contributed by atoms with Crippen molar-refractivity contribution in [3.8, 4) is 22.9 Å². The third-order valence-corrected chi connectivity index (χ3v) is 8.82. The first-order valence-electron chi connectivity index (χ1n) is 12.2. The van der Waals surface area contributed by atoms with Gasteiger partial charge in [-0.3, -0.25) is 9.59 Å². The van der Waals surface area contributed by atoms with Gasteiger partial charge >= 0.3 is 0 Å². The number of aromatic nitrogens is 5. The minimum Gasteiger partial charge on any atom is -0.493 e. The Labute approximate surface area is 219 Å². The number of aromatic amines is 1. The number of methoxy groups -OCH3 is 1. The van der Waals surface area contributed by atoms with Crippen molar-refractivity contribution in [2.75, 3.05) is 7.11 Å². The van der Waals surface area contributed by atoms with Gasteiger partial charge in [-0.1, -0.05) is 25.2 Å². The lowest BCUT2D eigenvalue weighted by molar-refractivity contribution is 0.281. The maximum absolute atomic E-state index is 13.0. The number of hydrogen-bond donors (Lipinski definition) is 1. The van der Waals surface area contributed by atoms with Gasteiger partial charge in [0.25, 0.3) is 11.1 Å². The second-order valence-electron chi connectivity index (χ2n) is 9.23. The van der Waals surface area contributed by atoms with Gasteiger partial charge in [-0.05, 0) is 55.4 Å². The van der Waals surface area contributed by atoms with Crippen molar-refractivity contribution >= 4 is 37.9 Å². The van der Waals surface area contributed by atoms with E-state index < -0.39 is 0 Å². The fourth-order valence-corrected chi connectivity index (χ4v) is 6.93. The summed E-state index contributed by atoms with van der Waals surface area (Å²) in [6.07, 6.45) is 3.77. The van der Waals surface area contributed by atoms with Crippen LogP contribution in [0.4, 0.5) is 0 Å². The summed E-state index contributed by atoms with van der Waals surface area (Å²) in [5, 5.41) is 5.85. The highest BCUT2D eigenvalue weighted by Gasteiger charge is 2.23. The normalized spacial score (nSPS) is 15.3. The minimum absolute atomic E-state index is 0.0982. The predicted molar refractivity (Wildman–Crippen MR) is 144 cm³/mol. The third kappa shape index (κ3) is 4.31. The number of ether oxygens (including phenoxy) is 2. The summed E-state index contributed by atoms with van der Waals surface area (Å²) < 4.78 is 12.8. The van der Waals surface area contributed by atoms with Crippen molar-refractivity contribution < 1.29 is 9.47 Å². The average molecular weight is 536 g/mol. The molecule has 4 heterocycles. The Morgan fingerprint density at radius 2 is 2.03 bits per heavy atom. The molecule has 0 aliphatic heterocycles. The van der Waals surface area contributed by atoms with E-state index in [1.807, 2.05) is 13.0 Å². The lowest BCUT2D eigenvalue weighted by Gasteiger charge is -2.17. The smallest absolute Gasteiger partial charge is 0.275 e. The molecule has 4 aromatic heterocycles. The Morgan fingerprint density at radius 1 is 1.16 bits per heavy atom. The van der Waals surface area contributed by atoms with Crippen LogP contribution in [0.5, 0.6) is 11.5 Å². The van der Waals surface area contributed by atoms with E-state index in [1.54, 1.807) is 30.6 Å². The molecule has 6 rings (SSSR count). The lowest BCUT2D eigenvalue weighted by atomic mass is 9.89. The molecule has 1 atom stereocenters. The van der Waals surface area contributed by atoms with Gasteiger partial charge in [-0.2, -0.15) is 9.61 Å². The summed E-state index contributed by atoms with van der Waals surface area (Å²) in [5.41, 5.74) is 2.05. The summed E-state index contributed by atoms with van der Waals surface area (Å²) in [4.78, 5) is 40.3. The molecule has 0 amide bonds. The van der Waals surface area contributed by atoms with E-state index in [0.717, 1.165) is 52.0 Å². The molecule has 1 aromatic carbocycles. The molecule has 5 aromatic rings. The molecular weight excluding hydrogens is 510 g/mol. The van der Waals surface area contributed by atoms with Crippen LogP contribution in [-0.4, -0.2) is 31.7 Å². The Kier molecular flexibility index (Phi) is 6.04. The summed E-state index contributed by atoms with van der Waals surface area (Å²) in [5.74, 6) is 2.10. The number of nitrogens with zero attached hydrogens (tertiary/aromatic N) is 4. The SMILES string of the molecule is CCc1nn2c(=O)cc(COc3ccc(-c4nc5sc6c(c5c(=O)[nH]4)CCC(C)C6)cc3OC)nc2s1. The predicted octanol–water partition coefficient (Wildman–Crippen LogP) is 4.39. The topological polar surface area (TPSA) is 111 Å². The molecule has 0 saturated carbocycles. The molecule has 1 aliphatic carbocycles. The van der Waals surface area contributed by atoms with E-state index in [2.05, 4.69) is 22.0 Å². The van der Waals surface area contributed by atoms with Crippen molar-refractivity contribution in [1.82, 2.24) is 24.6 Å².